The minimum Gasteiger partial charge on any atom is -0.371 e. The lowest BCUT2D eigenvalue weighted by atomic mass is 9.96. The first-order chi connectivity index (χ1) is 12.8. The summed E-state index contributed by atoms with van der Waals surface area (Å²) in [4.78, 5) is 19.5. The van der Waals surface area contributed by atoms with Gasteiger partial charge in [0.1, 0.15) is 0 Å². The maximum atomic E-state index is 12.3. The molecule has 4 nitrogen and oxygen atoms in total. The van der Waals surface area contributed by atoms with E-state index in [9.17, 15) is 4.79 Å². The van der Waals surface area contributed by atoms with Crippen molar-refractivity contribution in [1.29, 1.82) is 0 Å². The number of benzene rings is 1. The molecule has 0 aliphatic carbocycles. The smallest absolute Gasteiger partial charge is 0.223 e. The zero-order valence-electron chi connectivity index (χ0n) is 16.0. The molecule has 0 spiro atoms. The van der Waals surface area contributed by atoms with Crippen molar-refractivity contribution >= 4 is 11.6 Å². The van der Waals surface area contributed by atoms with Crippen molar-refractivity contribution < 1.29 is 4.79 Å². The number of nitrogens with zero attached hydrogens (tertiary/aromatic N) is 3. The van der Waals surface area contributed by atoms with E-state index < -0.39 is 0 Å². The summed E-state index contributed by atoms with van der Waals surface area (Å²) in [5.41, 5.74) is 2.98. The van der Waals surface area contributed by atoms with Crippen LogP contribution in [-0.2, 0) is 11.2 Å². The van der Waals surface area contributed by atoms with Crippen molar-refractivity contribution in [2.24, 2.45) is 5.92 Å². The van der Waals surface area contributed by atoms with Crippen molar-refractivity contribution in [1.82, 2.24) is 9.80 Å². The van der Waals surface area contributed by atoms with Gasteiger partial charge in [-0.1, -0.05) is 18.2 Å². The highest BCUT2D eigenvalue weighted by molar-refractivity contribution is 5.76. The Morgan fingerprint density at radius 1 is 0.962 bits per heavy atom. The fourth-order valence-corrected chi connectivity index (χ4v) is 4.86. The molecule has 0 aromatic heterocycles. The van der Waals surface area contributed by atoms with Gasteiger partial charge >= 0.3 is 0 Å². The van der Waals surface area contributed by atoms with Gasteiger partial charge in [-0.05, 0) is 69.2 Å². The van der Waals surface area contributed by atoms with E-state index in [0.29, 0.717) is 12.3 Å². The van der Waals surface area contributed by atoms with E-state index in [1.165, 1.54) is 62.9 Å². The molecule has 2 saturated heterocycles. The van der Waals surface area contributed by atoms with Gasteiger partial charge in [-0.3, -0.25) is 4.79 Å². The normalized spacial score (nSPS) is 21.8. The van der Waals surface area contributed by atoms with Gasteiger partial charge in [-0.2, -0.15) is 0 Å². The molecule has 3 heterocycles. The van der Waals surface area contributed by atoms with Crippen LogP contribution in [0.15, 0.2) is 24.3 Å². The van der Waals surface area contributed by atoms with E-state index in [0.717, 1.165) is 38.6 Å². The fourth-order valence-electron chi connectivity index (χ4n) is 4.86. The molecule has 1 amide bonds. The lowest BCUT2D eigenvalue weighted by Crippen LogP contribution is -2.41. The van der Waals surface area contributed by atoms with Crippen LogP contribution in [0, 0.1) is 5.92 Å². The molecule has 0 bridgehead atoms. The summed E-state index contributed by atoms with van der Waals surface area (Å²) < 4.78 is 0. The number of carbonyl (C=O) groups excluding carboxylic acids is 1. The quantitative estimate of drug-likeness (QED) is 0.812. The zero-order chi connectivity index (χ0) is 17.8. The van der Waals surface area contributed by atoms with Gasteiger partial charge in [0.05, 0.1) is 0 Å². The third-order valence-corrected chi connectivity index (χ3v) is 6.52. The predicted molar refractivity (Wildman–Crippen MR) is 107 cm³/mol. The highest BCUT2D eigenvalue weighted by Gasteiger charge is 2.25. The second kappa shape index (κ2) is 8.43. The Kier molecular flexibility index (Phi) is 5.78. The molecule has 2 fully saturated rings. The van der Waals surface area contributed by atoms with Gasteiger partial charge in [0.2, 0.25) is 5.91 Å². The van der Waals surface area contributed by atoms with Crippen LogP contribution < -0.4 is 4.90 Å². The largest absolute Gasteiger partial charge is 0.371 e. The van der Waals surface area contributed by atoms with Crippen molar-refractivity contribution in [3.8, 4) is 0 Å². The first-order valence-corrected chi connectivity index (χ1v) is 10.6. The number of anilines is 1. The number of likely N-dealkylation sites (tertiary alicyclic amines) is 2. The van der Waals surface area contributed by atoms with Crippen LogP contribution in [-0.4, -0.2) is 61.5 Å². The van der Waals surface area contributed by atoms with Crippen molar-refractivity contribution in [3.05, 3.63) is 29.8 Å². The summed E-state index contributed by atoms with van der Waals surface area (Å²) in [6, 6.07) is 8.88. The standard InChI is InChI=1S/C22H33N3O/c26-22(24-12-4-1-5-13-24)11-16-23-14-8-19(9-15-23)18-25-17-10-20-6-2-3-7-21(20)25/h2-3,6-7,19H,1,4-5,8-18H2. The number of carbonyl (C=O) groups is 1. The summed E-state index contributed by atoms with van der Waals surface area (Å²) in [7, 11) is 0. The van der Waals surface area contributed by atoms with E-state index in [1.54, 1.807) is 0 Å². The van der Waals surface area contributed by atoms with Crippen molar-refractivity contribution in [3.63, 3.8) is 0 Å². The van der Waals surface area contributed by atoms with Crippen LogP contribution in [0.4, 0.5) is 5.69 Å². The summed E-state index contributed by atoms with van der Waals surface area (Å²) in [5.74, 6) is 1.18. The first kappa shape index (κ1) is 17.8. The molecule has 0 radical (unpaired) electrons. The van der Waals surface area contributed by atoms with Gasteiger partial charge in [-0.15, -0.1) is 0 Å². The molecule has 142 valence electrons. The molecular formula is C22H33N3O. The van der Waals surface area contributed by atoms with Crippen LogP contribution in [0.3, 0.4) is 0 Å². The number of hydrogen-bond donors (Lipinski definition) is 0. The number of piperidine rings is 2. The summed E-state index contributed by atoms with van der Waals surface area (Å²) >= 11 is 0. The Morgan fingerprint density at radius 2 is 1.73 bits per heavy atom. The van der Waals surface area contributed by atoms with Crippen LogP contribution >= 0.6 is 0 Å². The summed E-state index contributed by atoms with van der Waals surface area (Å²) in [6.45, 7) is 7.63. The maximum absolute atomic E-state index is 12.3. The molecule has 4 heteroatoms. The van der Waals surface area contributed by atoms with Crippen molar-refractivity contribution in [2.75, 3.05) is 50.7 Å². The fraction of sp³-hybridized carbons (Fsp3) is 0.682. The number of rotatable bonds is 5. The SMILES string of the molecule is O=C(CCN1CCC(CN2CCc3ccccc32)CC1)N1CCCCC1. The second-order valence-electron chi connectivity index (χ2n) is 8.30. The van der Waals surface area contributed by atoms with Crippen LogP contribution in [0.2, 0.25) is 0 Å². The zero-order valence-corrected chi connectivity index (χ0v) is 16.0. The van der Waals surface area contributed by atoms with E-state index in [1.807, 2.05) is 0 Å². The molecule has 0 unspecified atom stereocenters. The van der Waals surface area contributed by atoms with Crippen molar-refractivity contribution in [2.45, 2.75) is 44.9 Å². The average molecular weight is 356 g/mol. The van der Waals surface area contributed by atoms with Crippen LogP contribution in [0.1, 0.15) is 44.1 Å². The summed E-state index contributed by atoms with van der Waals surface area (Å²) in [5, 5.41) is 0. The lowest BCUT2D eigenvalue weighted by Gasteiger charge is -2.35. The van der Waals surface area contributed by atoms with Gasteiger partial charge < -0.3 is 14.7 Å². The predicted octanol–water partition coefficient (Wildman–Crippen LogP) is 3.16. The molecule has 1 aromatic carbocycles. The molecule has 4 rings (SSSR count). The highest BCUT2D eigenvalue weighted by atomic mass is 16.2. The minimum atomic E-state index is 0.375. The number of hydrogen-bond acceptors (Lipinski definition) is 3. The first-order valence-electron chi connectivity index (χ1n) is 10.6. The Balaban J connectivity index is 1.18. The molecule has 0 N–H and O–H groups in total. The average Bonchev–Trinajstić information content (AvgIpc) is 3.11. The molecule has 3 aliphatic heterocycles. The van der Waals surface area contributed by atoms with Crippen LogP contribution in [0.25, 0.3) is 0 Å². The third kappa shape index (κ3) is 4.22. The third-order valence-electron chi connectivity index (χ3n) is 6.52. The second-order valence-corrected chi connectivity index (χ2v) is 8.30. The number of para-hydroxylation sites is 1. The molecule has 0 atom stereocenters. The van der Waals surface area contributed by atoms with Crippen LogP contribution in [0.5, 0.6) is 0 Å². The lowest BCUT2D eigenvalue weighted by molar-refractivity contribution is -0.132. The van der Waals surface area contributed by atoms with E-state index >= 15 is 0 Å². The topological polar surface area (TPSA) is 26.8 Å². The van der Waals surface area contributed by atoms with Gasteiger partial charge in [0.15, 0.2) is 0 Å². The van der Waals surface area contributed by atoms with Gasteiger partial charge in [0, 0.05) is 44.8 Å². The Morgan fingerprint density at radius 3 is 2.54 bits per heavy atom. The Labute approximate surface area is 158 Å². The molecule has 26 heavy (non-hydrogen) atoms. The Bertz CT molecular complexity index is 603. The number of amides is 1. The van der Waals surface area contributed by atoms with E-state index in [-0.39, 0.29) is 0 Å². The van der Waals surface area contributed by atoms with E-state index in [2.05, 4.69) is 39.0 Å². The Hall–Kier alpha value is -1.55. The highest BCUT2D eigenvalue weighted by Crippen LogP contribution is 2.30. The molecule has 1 aromatic rings. The summed E-state index contributed by atoms with van der Waals surface area (Å²) in [6.07, 6.45) is 8.14. The molecular weight excluding hydrogens is 322 g/mol. The molecule has 3 aliphatic rings. The minimum absolute atomic E-state index is 0.375. The van der Waals surface area contributed by atoms with E-state index in [4.69, 9.17) is 0 Å². The monoisotopic (exact) mass is 355 g/mol. The van der Waals surface area contributed by atoms with Gasteiger partial charge in [0.25, 0.3) is 0 Å². The maximum Gasteiger partial charge on any atom is 0.223 e. The molecule has 0 saturated carbocycles. The van der Waals surface area contributed by atoms with Gasteiger partial charge in [-0.25, -0.2) is 0 Å². The number of fused-ring (bicyclic) bond motifs is 1.